The molecule has 0 spiro atoms. The standard InChI is InChI=1S/C21H24N4O5/c1-29-17-6-4-16(5-7-17)25-14-15(13-19(25)26)22-21(28)24-10-8-23(9-11-24)20(27)18-3-2-12-30-18/h2-7,12,15H,8-11,13-14H2,1H3,(H,22,28). The average molecular weight is 412 g/mol. The zero-order valence-electron chi connectivity index (χ0n) is 16.7. The first-order valence-corrected chi connectivity index (χ1v) is 9.88. The van der Waals surface area contributed by atoms with Crippen LogP contribution < -0.4 is 15.0 Å². The number of furan rings is 1. The van der Waals surface area contributed by atoms with Gasteiger partial charge < -0.3 is 29.2 Å². The molecule has 1 aromatic heterocycles. The van der Waals surface area contributed by atoms with Gasteiger partial charge in [-0.25, -0.2) is 4.79 Å². The lowest BCUT2D eigenvalue weighted by Crippen LogP contribution is -2.54. The molecule has 2 saturated heterocycles. The maximum absolute atomic E-state index is 12.6. The number of nitrogens with zero attached hydrogens (tertiary/aromatic N) is 3. The monoisotopic (exact) mass is 412 g/mol. The van der Waals surface area contributed by atoms with E-state index in [4.69, 9.17) is 9.15 Å². The van der Waals surface area contributed by atoms with Gasteiger partial charge in [0.2, 0.25) is 5.91 Å². The predicted molar refractivity (Wildman–Crippen MR) is 108 cm³/mol. The lowest BCUT2D eigenvalue weighted by molar-refractivity contribution is -0.117. The number of hydrogen-bond donors (Lipinski definition) is 1. The number of hydrogen-bond acceptors (Lipinski definition) is 5. The molecule has 158 valence electrons. The van der Waals surface area contributed by atoms with E-state index in [1.165, 1.54) is 6.26 Å². The van der Waals surface area contributed by atoms with Gasteiger partial charge in [0.25, 0.3) is 5.91 Å². The quantitative estimate of drug-likeness (QED) is 0.822. The van der Waals surface area contributed by atoms with Crippen LogP contribution in [0.2, 0.25) is 0 Å². The molecule has 0 aliphatic carbocycles. The minimum atomic E-state index is -0.255. The fourth-order valence-corrected chi connectivity index (χ4v) is 3.75. The molecule has 2 aromatic rings. The van der Waals surface area contributed by atoms with Crippen molar-refractivity contribution in [2.75, 3.05) is 44.7 Å². The first kappa shape index (κ1) is 19.8. The smallest absolute Gasteiger partial charge is 0.317 e. The van der Waals surface area contributed by atoms with Crippen LogP contribution in [0.4, 0.5) is 10.5 Å². The Balaban J connectivity index is 1.28. The topological polar surface area (TPSA) is 95.3 Å². The first-order valence-electron chi connectivity index (χ1n) is 9.88. The molecule has 30 heavy (non-hydrogen) atoms. The van der Waals surface area contributed by atoms with Gasteiger partial charge in [-0.2, -0.15) is 0 Å². The van der Waals surface area contributed by atoms with E-state index in [-0.39, 0.29) is 30.3 Å². The van der Waals surface area contributed by atoms with Crippen LogP contribution in [0.5, 0.6) is 5.75 Å². The highest BCUT2D eigenvalue weighted by Crippen LogP contribution is 2.24. The average Bonchev–Trinajstić information content (AvgIpc) is 3.43. The molecule has 4 amide bonds. The van der Waals surface area contributed by atoms with Crippen LogP contribution in [0.1, 0.15) is 17.0 Å². The molecule has 1 atom stereocenters. The third-order valence-electron chi connectivity index (χ3n) is 5.42. The van der Waals surface area contributed by atoms with Crippen molar-refractivity contribution in [1.82, 2.24) is 15.1 Å². The summed E-state index contributed by atoms with van der Waals surface area (Å²) in [7, 11) is 1.59. The number of carbonyl (C=O) groups is 3. The molecule has 1 aromatic carbocycles. The van der Waals surface area contributed by atoms with Crippen LogP contribution >= 0.6 is 0 Å². The Morgan fingerprint density at radius 2 is 1.77 bits per heavy atom. The number of ether oxygens (including phenoxy) is 1. The Hall–Kier alpha value is -3.49. The van der Waals surface area contributed by atoms with Crippen molar-refractivity contribution in [3.63, 3.8) is 0 Å². The third-order valence-corrected chi connectivity index (χ3v) is 5.42. The van der Waals surface area contributed by atoms with Crippen molar-refractivity contribution in [3.8, 4) is 5.75 Å². The maximum atomic E-state index is 12.6. The van der Waals surface area contributed by atoms with Crippen molar-refractivity contribution in [3.05, 3.63) is 48.4 Å². The van der Waals surface area contributed by atoms with Crippen LogP contribution in [-0.2, 0) is 4.79 Å². The number of amides is 4. The molecule has 0 bridgehead atoms. The number of methoxy groups -OCH3 is 1. The highest BCUT2D eigenvalue weighted by atomic mass is 16.5. The van der Waals surface area contributed by atoms with Gasteiger partial charge in [0.05, 0.1) is 19.4 Å². The molecule has 0 saturated carbocycles. The summed E-state index contributed by atoms with van der Waals surface area (Å²) in [4.78, 5) is 42.4. The maximum Gasteiger partial charge on any atom is 0.317 e. The normalized spacial score (nSPS) is 19.2. The first-order chi connectivity index (χ1) is 14.5. The van der Waals surface area contributed by atoms with Crippen LogP contribution in [-0.4, -0.2) is 73.5 Å². The molecular weight excluding hydrogens is 388 g/mol. The number of nitrogens with one attached hydrogen (secondary N) is 1. The zero-order valence-corrected chi connectivity index (χ0v) is 16.7. The van der Waals surface area contributed by atoms with E-state index >= 15 is 0 Å². The lowest BCUT2D eigenvalue weighted by atomic mass is 10.2. The number of benzene rings is 1. The van der Waals surface area contributed by atoms with E-state index in [0.717, 1.165) is 11.4 Å². The van der Waals surface area contributed by atoms with Crippen LogP contribution in [0.15, 0.2) is 47.1 Å². The van der Waals surface area contributed by atoms with E-state index in [2.05, 4.69) is 5.32 Å². The van der Waals surface area contributed by atoms with E-state index in [9.17, 15) is 14.4 Å². The molecule has 3 heterocycles. The van der Waals surface area contributed by atoms with Crippen molar-refractivity contribution < 1.29 is 23.5 Å². The fraction of sp³-hybridized carbons (Fsp3) is 0.381. The van der Waals surface area contributed by atoms with Crippen molar-refractivity contribution in [1.29, 1.82) is 0 Å². The van der Waals surface area contributed by atoms with Crippen LogP contribution in [0.3, 0.4) is 0 Å². The van der Waals surface area contributed by atoms with Gasteiger partial charge in [-0.3, -0.25) is 9.59 Å². The minimum Gasteiger partial charge on any atom is -0.497 e. The summed E-state index contributed by atoms with van der Waals surface area (Å²) in [5.41, 5.74) is 0.780. The Morgan fingerprint density at radius 3 is 2.40 bits per heavy atom. The molecule has 2 fully saturated rings. The molecular formula is C21H24N4O5. The van der Waals surface area contributed by atoms with Gasteiger partial charge in [-0.05, 0) is 36.4 Å². The van der Waals surface area contributed by atoms with Gasteiger partial charge in [0.1, 0.15) is 5.75 Å². The fourth-order valence-electron chi connectivity index (χ4n) is 3.75. The summed E-state index contributed by atoms with van der Waals surface area (Å²) in [6.07, 6.45) is 1.73. The summed E-state index contributed by atoms with van der Waals surface area (Å²) in [5.74, 6) is 0.826. The van der Waals surface area contributed by atoms with E-state index in [1.807, 2.05) is 12.1 Å². The van der Waals surface area contributed by atoms with Gasteiger partial charge in [0.15, 0.2) is 5.76 Å². The van der Waals surface area contributed by atoms with Crippen LogP contribution in [0, 0.1) is 0 Å². The Kier molecular flexibility index (Phi) is 5.60. The van der Waals surface area contributed by atoms with Crippen molar-refractivity contribution >= 4 is 23.5 Å². The Morgan fingerprint density at radius 1 is 1.07 bits per heavy atom. The van der Waals surface area contributed by atoms with E-state index in [1.54, 1.807) is 46.1 Å². The molecule has 0 radical (unpaired) electrons. The highest BCUT2D eigenvalue weighted by molar-refractivity contribution is 5.97. The van der Waals surface area contributed by atoms with E-state index in [0.29, 0.717) is 38.5 Å². The molecule has 1 unspecified atom stereocenters. The summed E-state index contributed by atoms with van der Waals surface area (Å²) in [6.45, 7) is 2.17. The molecule has 2 aliphatic heterocycles. The summed E-state index contributed by atoms with van der Waals surface area (Å²) < 4.78 is 10.3. The van der Waals surface area contributed by atoms with E-state index < -0.39 is 0 Å². The van der Waals surface area contributed by atoms with Crippen LogP contribution in [0.25, 0.3) is 0 Å². The number of rotatable bonds is 4. The number of carbonyl (C=O) groups excluding carboxylic acids is 3. The molecule has 4 rings (SSSR count). The minimum absolute atomic E-state index is 0.0284. The predicted octanol–water partition coefficient (Wildman–Crippen LogP) is 1.56. The molecule has 9 nitrogen and oxygen atoms in total. The molecule has 1 N–H and O–H groups in total. The second-order valence-electron chi connectivity index (χ2n) is 7.31. The number of urea groups is 1. The third kappa shape index (κ3) is 4.10. The Labute approximate surface area is 174 Å². The second kappa shape index (κ2) is 8.48. The molecule has 9 heteroatoms. The number of anilines is 1. The van der Waals surface area contributed by atoms with Gasteiger partial charge in [-0.15, -0.1) is 0 Å². The zero-order chi connectivity index (χ0) is 21.1. The summed E-state index contributed by atoms with van der Waals surface area (Å²) >= 11 is 0. The lowest BCUT2D eigenvalue weighted by Gasteiger charge is -2.34. The highest BCUT2D eigenvalue weighted by Gasteiger charge is 2.33. The summed E-state index contributed by atoms with van der Waals surface area (Å²) in [5, 5.41) is 2.95. The second-order valence-corrected chi connectivity index (χ2v) is 7.31. The van der Waals surface area contributed by atoms with Gasteiger partial charge in [0, 0.05) is 44.8 Å². The number of piperazine rings is 1. The van der Waals surface area contributed by atoms with Gasteiger partial charge in [-0.1, -0.05) is 0 Å². The SMILES string of the molecule is COc1ccc(N2CC(NC(=O)N3CCN(C(=O)c4ccco4)CC3)CC2=O)cc1. The largest absolute Gasteiger partial charge is 0.497 e. The Bertz CT molecular complexity index is 904. The summed E-state index contributed by atoms with van der Waals surface area (Å²) in [6, 6.07) is 10.1. The molecule has 2 aliphatic rings. The van der Waals surface area contributed by atoms with Gasteiger partial charge >= 0.3 is 6.03 Å². The van der Waals surface area contributed by atoms with Crippen molar-refractivity contribution in [2.45, 2.75) is 12.5 Å². The van der Waals surface area contributed by atoms with Crippen molar-refractivity contribution in [2.24, 2.45) is 0 Å².